The number of ether oxygens (including phenoxy) is 1. The highest BCUT2D eigenvalue weighted by Gasteiger charge is 2.38. The van der Waals surface area contributed by atoms with E-state index in [-0.39, 0.29) is 9.89 Å². The molecule has 1 heterocycles. The minimum absolute atomic E-state index is 0.125. The van der Waals surface area contributed by atoms with E-state index < -0.39 is 5.60 Å². The zero-order chi connectivity index (χ0) is 13.9. The second-order valence-electron chi connectivity index (χ2n) is 4.79. The largest absolute Gasteiger partial charge is 0.453 e. The third-order valence-corrected chi connectivity index (χ3v) is 4.44. The molecule has 1 unspecified atom stereocenters. The first-order valence-corrected chi connectivity index (χ1v) is 8.41. The quantitative estimate of drug-likeness (QED) is 0.447. The average Bonchev–Trinajstić information content (AvgIpc) is 2.40. The Kier molecular flexibility index (Phi) is 5.25. The minimum Gasteiger partial charge on any atom is -0.453 e. The summed E-state index contributed by atoms with van der Waals surface area (Å²) in [5.74, 6) is -0.134. The number of halogens is 2. The molecule has 0 amide bonds. The van der Waals surface area contributed by atoms with Gasteiger partial charge < -0.3 is 10.1 Å². The summed E-state index contributed by atoms with van der Waals surface area (Å²) in [7, 11) is 0. The molecule has 19 heavy (non-hydrogen) atoms. The Hall–Kier alpha value is -0.140. The molecule has 1 aliphatic rings. The fraction of sp³-hybridized carbons (Fsp3) is 0.500. The highest BCUT2D eigenvalue weighted by molar-refractivity contribution is 14.1. The average molecular weight is 438 g/mol. The van der Waals surface area contributed by atoms with E-state index in [4.69, 9.17) is 4.74 Å². The first-order valence-electron chi connectivity index (χ1n) is 6.37. The molecular formula is C14H17BrINO2. The fourth-order valence-electron chi connectivity index (χ4n) is 2.31. The zero-order valence-electron chi connectivity index (χ0n) is 10.8. The summed E-state index contributed by atoms with van der Waals surface area (Å²) in [6, 6.07) is 8.09. The van der Waals surface area contributed by atoms with Gasteiger partial charge in [-0.3, -0.25) is 4.79 Å². The van der Waals surface area contributed by atoms with E-state index in [9.17, 15) is 4.79 Å². The predicted octanol–water partition coefficient (Wildman–Crippen LogP) is 3.39. The number of carbonyl (C=O) groups excluding carboxylic acids is 1. The summed E-state index contributed by atoms with van der Waals surface area (Å²) >= 11 is 5.54. The highest BCUT2D eigenvalue weighted by Crippen LogP contribution is 2.36. The summed E-state index contributed by atoms with van der Waals surface area (Å²) in [4.78, 5) is 12.0. The van der Waals surface area contributed by atoms with Crippen molar-refractivity contribution in [1.29, 1.82) is 0 Å². The first-order chi connectivity index (χ1) is 9.03. The molecule has 104 valence electrons. The minimum atomic E-state index is -0.470. The number of esters is 1. The summed E-state index contributed by atoms with van der Waals surface area (Å²) in [5, 5.41) is 3.32. The maximum atomic E-state index is 12.0. The number of carbonyl (C=O) groups is 1. The molecule has 1 aliphatic heterocycles. The van der Waals surface area contributed by atoms with Gasteiger partial charge in [-0.2, -0.15) is 0 Å². The van der Waals surface area contributed by atoms with Crippen LogP contribution < -0.4 is 5.32 Å². The molecule has 1 saturated heterocycles. The van der Waals surface area contributed by atoms with E-state index in [1.165, 1.54) is 0 Å². The lowest BCUT2D eigenvalue weighted by Gasteiger charge is -2.38. The van der Waals surface area contributed by atoms with Gasteiger partial charge in [0.2, 0.25) is 0 Å². The Morgan fingerprint density at radius 1 is 1.37 bits per heavy atom. The molecular weight excluding hydrogens is 421 g/mol. The normalized spacial score (nSPS) is 19.7. The number of piperidine rings is 1. The summed E-state index contributed by atoms with van der Waals surface area (Å²) < 4.78 is 6.78. The highest BCUT2D eigenvalue weighted by atomic mass is 127. The standard InChI is InChI=1S/C14H17BrINO2/c1-10(16)13(18)19-14(6-8-17-9-7-14)11-2-4-12(15)5-3-11/h2-5,10,17H,6-9H2,1H3. The molecule has 0 aromatic heterocycles. The monoisotopic (exact) mass is 437 g/mol. The van der Waals surface area contributed by atoms with Crippen molar-refractivity contribution < 1.29 is 9.53 Å². The summed E-state index contributed by atoms with van der Waals surface area (Å²) in [6.07, 6.45) is 1.65. The Bertz CT molecular complexity index is 441. The molecule has 1 atom stereocenters. The first kappa shape index (κ1) is 15.3. The molecule has 2 rings (SSSR count). The van der Waals surface area contributed by atoms with Crippen LogP contribution in [0.2, 0.25) is 0 Å². The molecule has 0 saturated carbocycles. The van der Waals surface area contributed by atoms with Gasteiger partial charge in [0, 0.05) is 17.3 Å². The van der Waals surface area contributed by atoms with E-state index in [1.807, 2.05) is 31.2 Å². The maximum absolute atomic E-state index is 12.0. The molecule has 1 aromatic rings. The lowest BCUT2D eigenvalue weighted by molar-refractivity contribution is -0.162. The van der Waals surface area contributed by atoms with Crippen LogP contribution in [0, 0.1) is 0 Å². The fourth-order valence-corrected chi connectivity index (χ4v) is 2.70. The van der Waals surface area contributed by atoms with Crippen molar-refractivity contribution in [3.8, 4) is 0 Å². The van der Waals surface area contributed by atoms with Crippen molar-refractivity contribution >= 4 is 44.5 Å². The van der Waals surface area contributed by atoms with Crippen LogP contribution in [-0.4, -0.2) is 23.0 Å². The number of nitrogens with one attached hydrogen (secondary N) is 1. The third-order valence-electron chi connectivity index (χ3n) is 3.40. The second-order valence-corrected chi connectivity index (χ2v) is 7.57. The van der Waals surface area contributed by atoms with Crippen molar-refractivity contribution in [1.82, 2.24) is 5.32 Å². The zero-order valence-corrected chi connectivity index (χ0v) is 14.5. The van der Waals surface area contributed by atoms with Crippen LogP contribution in [0.5, 0.6) is 0 Å². The number of alkyl halides is 1. The smallest absolute Gasteiger partial charge is 0.319 e. The van der Waals surface area contributed by atoms with Gasteiger partial charge >= 0.3 is 5.97 Å². The van der Waals surface area contributed by atoms with E-state index in [0.29, 0.717) is 0 Å². The van der Waals surface area contributed by atoms with Gasteiger partial charge in [-0.15, -0.1) is 0 Å². The van der Waals surface area contributed by atoms with Crippen molar-refractivity contribution in [3.05, 3.63) is 34.3 Å². The molecule has 0 aliphatic carbocycles. The lowest BCUT2D eigenvalue weighted by atomic mass is 9.85. The van der Waals surface area contributed by atoms with E-state index in [2.05, 4.69) is 43.8 Å². The molecule has 3 nitrogen and oxygen atoms in total. The van der Waals surface area contributed by atoms with E-state index >= 15 is 0 Å². The predicted molar refractivity (Wildman–Crippen MR) is 87.5 cm³/mol. The molecule has 1 aromatic carbocycles. The number of rotatable bonds is 3. The van der Waals surface area contributed by atoms with Crippen LogP contribution in [-0.2, 0) is 15.1 Å². The second kappa shape index (κ2) is 6.54. The summed E-state index contributed by atoms with van der Waals surface area (Å²) in [5.41, 5.74) is 0.616. The van der Waals surface area contributed by atoms with Crippen molar-refractivity contribution in [2.75, 3.05) is 13.1 Å². The number of benzene rings is 1. The molecule has 1 N–H and O–H groups in total. The Balaban J connectivity index is 2.28. The molecule has 0 radical (unpaired) electrons. The number of hydrogen-bond donors (Lipinski definition) is 1. The van der Waals surface area contributed by atoms with Gasteiger partial charge in [0.15, 0.2) is 0 Å². The molecule has 1 fully saturated rings. The topological polar surface area (TPSA) is 38.3 Å². The molecule has 0 bridgehead atoms. The lowest BCUT2D eigenvalue weighted by Crippen LogP contribution is -2.44. The van der Waals surface area contributed by atoms with Gasteiger partial charge in [0.25, 0.3) is 0 Å². The molecule has 5 heteroatoms. The number of hydrogen-bond acceptors (Lipinski definition) is 3. The SMILES string of the molecule is CC(I)C(=O)OC1(c2ccc(Br)cc2)CCNCC1. The summed E-state index contributed by atoms with van der Waals surface area (Å²) in [6.45, 7) is 3.61. The maximum Gasteiger partial charge on any atom is 0.319 e. The van der Waals surface area contributed by atoms with Gasteiger partial charge in [-0.1, -0.05) is 50.7 Å². The van der Waals surface area contributed by atoms with Crippen LogP contribution in [0.15, 0.2) is 28.7 Å². The van der Waals surface area contributed by atoms with E-state index in [0.717, 1.165) is 36.0 Å². The van der Waals surface area contributed by atoms with Crippen molar-refractivity contribution in [2.45, 2.75) is 29.3 Å². The van der Waals surface area contributed by atoms with E-state index in [1.54, 1.807) is 0 Å². The van der Waals surface area contributed by atoms with Gasteiger partial charge in [0.05, 0.1) is 0 Å². The van der Waals surface area contributed by atoms with Gasteiger partial charge in [0.1, 0.15) is 9.53 Å². The Morgan fingerprint density at radius 3 is 2.47 bits per heavy atom. The van der Waals surface area contributed by atoms with Crippen LogP contribution in [0.4, 0.5) is 0 Å². The molecule has 0 spiro atoms. The Morgan fingerprint density at radius 2 is 1.95 bits per heavy atom. The van der Waals surface area contributed by atoms with Crippen molar-refractivity contribution in [3.63, 3.8) is 0 Å². The van der Waals surface area contributed by atoms with Crippen LogP contribution in [0.1, 0.15) is 25.3 Å². The van der Waals surface area contributed by atoms with Gasteiger partial charge in [-0.25, -0.2) is 0 Å². The van der Waals surface area contributed by atoms with Crippen LogP contribution in [0.25, 0.3) is 0 Å². The van der Waals surface area contributed by atoms with Crippen LogP contribution in [0.3, 0.4) is 0 Å². The van der Waals surface area contributed by atoms with Gasteiger partial charge in [-0.05, 0) is 37.7 Å². The van der Waals surface area contributed by atoms with Crippen LogP contribution >= 0.6 is 38.5 Å². The van der Waals surface area contributed by atoms with Crippen molar-refractivity contribution in [2.24, 2.45) is 0 Å². The Labute approximate surface area is 135 Å². The third kappa shape index (κ3) is 3.70.